The van der Waals surface area contributed by atoms with Gasteiger partial charge in [0.25, 0.3) is 11.8 Å². The van der Waals surface area contributed by atoms with Crippen molar-refractivity contribution in [2.75, 3.05) is 17.4 Å². The zero-order valence-corrected chi connectivity index (χ0v) is 31.2. The third kappa shape index (κ3) is 5.19. The summed E-state index contributed by atoms with van der Waals surface area (Å²) in [5, 5.41) is 13.8. The van der Waals surface area contributed by atoms with Crippen LogP contribution in [0.1, 0.15) is 41.0 Å². The number of phenols is 1. The Balaban J connectivity index is 1.34. The van der Waals surface area contributed by atoms with Crippen molar-refractivity contribution in [2.45, 2.75) is 38.0 Å². The molecule has 0 radical (unpaired) electrons. The Morgan fingerprint density at radius 3 is 2.28 bits per heavy atom. The van der Waals surface area contributed by atoms with Crippen LogP contribution >= 0.6 is 34.8 Å². The number of para-hydroxylation sites is 1. The maximum absolute atomic E-state index is 15.4. The Morgan fingerprint density at radius 2 is 1.58 bits per heavy atom. The molecule has 8 rings (SSSR count). The molecule has 2 saturated heterocycles. The topological polar surface area (TPSA) is 116 Å². The van der Waals surface area contributed by atoms with Gasteiger partial charge in [-0.05, 0) is 91.8 Å². The molecular formula is C41H34Cl3N3O6. The van der Waals surface area contributed by atoms with E-state index in [0.29, 0.717) is 38.2 Å². The van der Waals surface area contributed by atoms with Crippen molar-refractivity contribution in [3.63, 3.8) is 0 Å². The average molecular weight is 771 g/mol. The quantitative estimate of drug-likeness (QED) is 0.150. The van der Waals surface area contributed by atoms with Gasteiger partial charge < -0.3 is 9.84 Å². The minimum absolute atomic E-state index is 0.0232. The molecule has 0 spiro atoms. The van der Waals surface area contributed by atoms with E-state index in [9.17, 15) is 19.5 Å². The number of aromatic hydroxyl groups is 1. The number of halogens is 3. The normalized spacial score (nSPS) is 26.3. The lowest BCUT2D eigenvalue weighted by Crippen LogP contribution is -2.53. The van der Waals surface area contributed by atoms with E-state index in [-0.39, 0.29) is 41.1 Å². The van der Waals surface area contributed by atoms with Crippen LogP contribution in [-0.4, -0.2) is 40.9 Å². The highest BCUT2D eigenvalue weighted by molar-refractivity contribution is 6.36. The van der Waals surface area contributed by atoms with E-state index in [2.05, 4.69) is 5.43 Å². The summed E-state index contributed by atoms with van der Waals surface area (Å²) < 4.78 is 5.46. The van der Waals surface area contributed by atoms with Crippen LogP contribution in [0.4, 0.5) is 11.4 Å². The van der Waals surface area contributed by atoms with E-state index in [4.69, 9.17) is 39.5 Å². The lowest BCUT2D eigenvalue weighted by Gasteiger charge is -2.50. The van der Waals surface area contributed by atoms with Crippen molar-refractivity contribution < 1.29 is 29.0 Å². The van der Waals surface area contributed by atoms with Gasteiger partial charge in [0, 0.05) is 21.5 Å². The number of hydrazine groups is 1. The number of fused-ring (bicyclic) bond motifs is 4. The van der Waals surface area contributed by atoms with Gasteiger partial charge in [0.05, 0.1) is 46.7 Å². The molecule has 4 aliphatic rings. The number of imide groups is 2. The molecule has 2 heterocycles. The van der Waals surface area contributed by atoms with E-state index in [1.807, 2.05) is 13.0 Å². The van der Waals surface area contributed by atoms with Gasteiger partial charge in [0.2, 0.25) is 11.8 Å². The second-order valence-corrected chi connectivity index (χ2v) is 15.4. The van der Waals surface area contributed by atoms with Gasteiger partial charge in [-0.2, -0.15) is 5.01 Å². The average Bonchev–Trinajstić information content (AvgIpc) is 3.52. The van der Waals surface area contributed by atoms with Gasteiger partial charge in [-0.25, -0.2) is 4.90 Å². The molecule has 2 N–H and O–H groups in total. The third-order valence-electron chi connectivity index (χ3n) is 11.6. The number of methoxy groups -OCH3 is 1. The van der Waals surface area contributed by atoms with Gasteiger partial charge in [0.1, 0.15) is 11.5 Å². The van der Waals surface area contributed by atoms with E-state index in [1.165, 1.54) is 18.1 Å². The number of nitrogens with zero attached hydrogens (tertiary/aromatic N) is 2. The second-order valence-electron chi connectivity index (χ2n) is 14.2. The number of phenolic OH excluding ortho intramolecular Hbond substituents is 1. The number of carbonyl (C=O) groups is 4. The van der Waals surface area contributed by atoms with Crippen LogP contribution in [0.25, 0.3) is 0 Å². The largest absolute Gasteiger partial charge is 0.507 e. The maximum Gasteiger partial charge on any atom is 0.260 e. The summed E-state index contributed by atoms with van der Waals surface area (Å²) in [4.78, 5) is 60.2. The van der Waals surface area contributed by atoms with Crippen LogP contribution in [0.15, 0.2) is 90.5 Å². The molecule has 53 heavy (non-hydrogen) atoms. The zero-order valence-electron chi connectivity index (χ0n) is 28.9. The van der Waals surface area contributed by atoms with Crippen LogP contribution in [0.2, 0.25) is 15.1 Å². The van der Waals surface area contributed by atoms with E-state index >= 15 is 4.79 Å². The molecule has 2 aliphatic heterocycles. The highest BCUT2D eigenvalue weighted by Gasteiger charge is 2.70. The van der Waals surface area contributed by atoms with Crippen molar-refractivity contribution in [3.05, 3.63) is 128 Å². The standard InChI is InChI=1S/C41H34Cl3N3O6/c1-20-7-11-24(18-31(20)43)46-37(49)27-15-14-26-29(34(27)39(46)51)19-30-38(50)47(45-33-16-10-23(42)17-32(33)44)40(52)41(30,22-8-12-25(53-3)13-9-22)35(26)28-6-4-5-21(2)36(28)48/h4-14,16-18,27,29-30,34-35,45,48H,15,19H2,1-3H3. The number of benzene rings is 4. The van der Waals surface area contributed by atoms with Gasteiger partial charge in [-0.1, -0.05) is 82.9 Å². The number of allylic oxidation sites excluding steroid dienone is 2. The third-order valence-corrected chi connectivity index (χ3v) is 12.5. The number of carbonyl (C=O) groups excluding carboxylic acids is 4. The number of ether oxygens (including phenoxy) is 1. The predicted octanol–water partition coefficient (Wildman–Crippen LogP) is 8.17. The minimum atomic E-state index is -1.59. The number of hydrogen-bond acceptors (Lipinski definition) is 7. The number of amides is 4. The summed E-state index contributed by atoms with van der Waals surface area (Å²) in [5.41, 5.74) is 5.13. The first kappa shape index (κ1) is 35.2. The Morgan fingerprint density at radius 1 is 0.830 bits per heavy atom. The van der Waals surface area contributed by atoms with Crippen LogP contribution < -0.4 is 15.1 Å². The predicted molar refractivity (Wildman–Crippen MR) is 202 cm³/mol. The molecule has 270 valence electrons. The Labute approximate surface area is 321 Å². The van der Waals surface area contributed by atoms with Gasteiger partial charge >= 0.3 is 0 Å². The summed E-state index contributed by atoms with van der Waals surface area (Å²) in [6.45, 7) is 3.61. The van der Waals surface area contributed by atoms with Crippen LogP contribution in [0.3, 0.4) is 0 Å². The Kier molecular flexibility index (Phi) is 8.59. The summed E-state index contributed by atoms with van der Waals surface area (Å²) in [6.07, 6.45) is 2.26. The van der Waals surface area contributed by atoms with E-state index < -0.39 is 46.8 Å². The van der Waals surface area contributed by atoms with Crippen LogP contribution in [0, 0.1) is 37.5 Å². The maximum atomic E-state index is 15.4. The smallest absolute Gasteiger partial charge is 0.260 e. The number of aryl methyl sites for hydroxylation is 2. The van der Waals surface area contributed by atoms with Crippen LogP contribution in [-0.2, 0) is 24.6 Å². The first-order chi connectivity index (χ1) is 25.4. The van der Waals surface area contributed by atoms with Crippen molar-refractivity contribution in [1.29, 1.82) is 0 Å². The molecule has 4 aromatic carbocycles. The molecule has 0 bridgehead atoms. The Bertz CT molecular complexity index is 2280. The molecule has 4 amide bonds. The summed E-state index contributed by atoms with van der Waals surface area (Å²) in [5.74, 6) is -5.35. The van der Waals surface area contributed by atoms with E-state index in [0.717, 1.165) is 16.1 Å². The number of nitrogens with one attached hydrogen (secondary N) is 1. The second kappa shape index (κ2) is 12.9. The lowest BCUT2D eigenvalue weighted by molar-refractivity contribution is -0.138. The Hall–Kier alpha value is -4.83. The first-order valence-electron chi connectivity index (χ1n) is 17.3. The monoisotopic (exact) mass is 769 g/mol. The van der Waals surface area contributed by atoms with Gasteiger partial charge in [0.15, 0.2) is 0 Å². The molecule has 12 heteroatoms. The summed E-state index contributed by atoms with van der Waals surface area (Å²) >= 11 is 19.2. The highest BCUT2D eigenvalue weighted by Crippen LogP contribution is 2.65. The lowest BCUT2D eigenvalue weighted by atomic mass is 9.49. The fraction of sp³-hybridized carbons (Fsp3) is 0.268. The molecule has 3 fully saturated rings. The number of rotatable bonds is 6. The molecule has 9 nitrogen and oxygen atoms in total. The van der Waals surface area contributed by atoms with Crippen molar-refractivity contribution in [2.24, 2.45) is 23.7 Å². The highest BCUT2D eigenvalue weighted by atomic mass is 35.5. The van der Waals surface area contributed by atoms with Crippen molar-refractivity contribution >= 4 is 69.8 Å². The van der Waals surface area contributed by atoms with Gasteiger partial charge in [-0.15, -0.1) is 0 Å². The number of hydrogen-bond donors (Lipinski definition) is 2. The molecule has 0 aromatic heterocycles. The van der Waals surface area contributed by atoms with Crippen molar-refractivity contribution in [3.8, 4) is 11.5 Å². The zero-order chi connectivity index (χ0) is 37.5. The SMILES string of the molecule is COc1ccc(C23C(=O)N(Nc4ccc(Cl)cc4Cl)C(=O)C2CC2C(=CCC4C(=O)N(c5ccc(C)c(Cl)c5)C(=O)C42)C3c2cccc(C)c2O)cc1. The van der Waals surface area contributed by atoms with Gasteiger partial charge in [-0.3, -0.25) is 24.6 Å². The summed E-state index contributed by atoms with van der Waals surface area (Å²) in [6, 6.07) is 22.1. The van der Waals surface area contributed by atoms with E-state index in [1.54, 1.807) is 79.7 Å². The fourth-order valence-corrected chi connectivity index (χ4v) is 9.70. The molecule has 2 aliphatic carbocycles. The molecular weight excluding hydrogens is 737 g/mol. The van der Waals surface area contributed by atoms with Crippen molar-refractivity contribution in [1.82, 2.24) is 5.01 Å². The summed E-state index contributed by atoms with van der Waals surface area (Å²) in [7, 11) is 1.54. The molecule has 4 aromatic rings. The van der Waals surface area contributed by atoms with Crippen LogP contribution in [0.5, 0.6) is 11.5 Å². The fourth-order valence-electron chi connectivity index (χ4n) is 9.08. The molecule has 6 atom stereocenters. The minimum Gasteiger partial charge on any atom is -0.507 e. The molecule has 1 saturated carbocycles. The first-order valence-corrected chi connectivity index (χ1v) is 18.4. The number of anilines is 2. The molecule has 6 unspecified atom stereocenters.